The molecule has 1 aromatic carbocycles. The van der Waals surface area contributed by atoms with Crippen LogP contribution in [0.3, 0.4) is 0 Å². The molecule has 0 spiro atoms. The Morgan fingerprint density at radius 1 is 1.24 bits per heavy atom. The summed E-state index contributed by atoms with van der Waals surface area (Å²) in [5.74, 6) is -0.00772. The van der Waals surface area contributed by atoms with Gasteiger partial charge in [-0.05, 0) is 50.1 Å². The van der Waals surface area contributed by atoms with Crippen molar-refractivity contribution in [3.8, 4) is 6.07 Å². The molecule has 0 saturated carbocycles. The fourth-order valence-corrected chi connectivity index (χ4v) is 2.11. The van der Waals surface area contributed by atoms with Crippen molar-refractivity contribution >= 4 is 17.4 Å². The van der Waals surface area contributed by atoms with E-state index in [1.54, 1.807) is 18.2 Å². The molecule has 0 saturated heterocycles. The number of primary amides is 1. The third-order valence-electron chi connectivity index (χ3n) is 3.23. The highest BCUT2D eigenvalue weighted by atomic mass is 16.1. The highest BCUT2D eigenvalue weighted by Crippen LogP contribution is 2.25. The van der Waals surface area contributed by atoms with Crippen molar-refractivity contribution in [1.82, 2.24) is 4.98 Å². The monoisotopic (exact) mass is 280 g/mol. The Labute approximate surface area is 123 Å². The first-order valence-corrected chi connectivity index (χ1v) is 6.48. The van der Waals surface area contributed by atoms with Gasteiger partial charge >= 0.3 is 0 Å². The zero-order chi connectivity index (χ0) is 15.6. The van der Waals surface area contributed by atoms with Crippen LogP contribution in [0.5, 0.6) is 0 Å². The van der Waals surface area contributed by atoms with Crippen LogP contribution < -0.4 is 11.1 Å². The van der Waals surface area contributed by atoms with E-state index >= 15 is 0 Å². The van der Waals surface area contributed by atoms with Gasteiger partial charge in [0.15, 0.2) is 0 Å². The molecule has 2 rings (SSSR count). The van der Waals surface area contributed by atoms with Gasteiger partial charge in [-0.2, -0.15) is 5.26 Å². The molecule has 21 heavy (non-hydrogen) atoms. The van der Waals surface area contributed by atoms with Gasteiger partial charge in [0.25, 0.3) is 0 Å². The van der Waals surface area contributed by atoms with Gasteiger partial charge in [-0.25, -0.2) is 4.98 Å². The first kappa shape index (κ1) is 14.5. The second-order valence-electron chi connectivity index (χ2n) is 4.93. The number of nitrogens with one attached hydrogen (secondary N) is 1. The van der Waals surface area contributed by atoms with E-state index in [0.29, 0.717) is 22.6 Å². The van der Waals surface area contributed by atoms with Crippen LogP contribution in [0, 0.1) is 32.1 Å². The SMILES string of the molecule is Cc1cc(C)c(C#N)c(Nc2cc(C(N)=O)ccc2C)n1. The van der Waals surface area contributed by atoms with Crippen molar-refractivity contribution in [3.63, 3.8) is 0 Å². The van der Waals surface area contributed by atoms with E-state index in [9.17, 15) is 10.1 Å². The maximum absolute atomic E-state index is 11.3. The Morgan fingerprint density at radius 2 is 1.95 bits per heavy atom. The first-order chi connectivity index (χ1) is 9.92. The summed E-state index contributed by atoms with van der Waals surface area (Å²) >= 11 is 0. The molecule has 0 aliphatic carbocycles. The highest BCUT2D eigenvalue weighted by Gasteiger charge is 2.11. The van der Waals surface area contributed by atoms with Crippen LogP contribution in [0.4, 0.5) is 11.5 Å². The third kappa shape index (κ3) is 3.00. The summed E-state index contributed by atoms with van der Waals surface area (Å²) in [5.41, 5.74) is 9.51. The zero-order valence-electron chi connectivity index (χ0n) is 12.2. The van der Waals surface area contributed by atoms with Gasteiger partial charge in [0, 0.05) is 16.9 Å². The Kier molecular flexibility index (Phi) is 3.90. The summed E-state index contributed by atoms with van der Waals surface area (Å²) in [5, 5.41) is 12.4. The largest absolute Gasteiger partial charge is 0.366 e. The number of rotatable bonds is 3. The number of nitrogens with two attached hydrogens (primary N) is 1. The lowest BCUT2D eigenvalue weighted by Gasteiger charge is -2.13. The highest BCUT2D eigenvalue weighted by molar-refractivity contribution is 5.94. The number of anilines is 2. The molecule has 0 atom stereocenters. The van der Waals surface area contributed by atoms with Gasteiger partial charge in [0.1, 0.15) is 11.9 Å². The zero-order valence-corrected chi connectivity index (χ0v) is 12.2. The van der Waals surface area contributed by atoms with E-state index in [4.69, 9.17) is 5.73 Å². The number of aromatic nitrogens is 1. The number of hydrogen-bond donors (Lipinski definition) is 2. The number of aryl methyl sites for hydroxylation is 3. The summed E-state index contributed by atoms with van der Waals surface area (Å²) in [6.45, 7) is 5.64. The van der Waals surface area contributed by atoms with Crippen LogP contribution in [0.1, 0.15) is 32.7 Å². The number of nitriles is 1. The fraction of sp³-hybridized carbons (Fsp3) is 0.188. The fourth-order valence-electron chi connectivity index (χ4n) is 2.11. The van der Waals surface area contributed by atoms with E-state index in [1.165, 1.54) is 0 Å². The van der Waals surface area contributed by atoms with E-state index in [-0.39, 0.29) is 0 Å². The van der Waals surface area contributed by atoms with Crippen molar-refractivity contribution in [2.75, 3.05) is 5.32 Å². The number of pyridine rings is 1. The van der Waals surface area contributed by atoms with Gasteiger partial charge in [0.05, 0.1) is 5.56 Å². The molecule has 0 fully saturated rings. The van der Waals surface area contributed by atoms with Gasteiger partial charge in [-0.1, -0.05) is 6.07 Å². The van der Waals surface area contributed by atoms with Crippen LogP contribution in [0.25, 0.3) is 0 Å². The molecule has 106 valence electrons. The van der Waals surface area contributed by atoms with Crippen LogP contribution in [0.2, 0.25) is 0 Å². The van der Waals surface area contributed by atoms with Gasteiger partial charge in [-0.15, -0.1) is 0 Å². The summed E-state index contributed by atoms with van der Waals surface area (Å²) in [6, 6.07) is 9.15. The van der Waals surface area contributed by atoms with Crippen molar-refractivity contribution in [2.45, 2.75) is 20.8 Å². The standard InChI is InChI=1S/C16H16N4O/c1-9-4-5-12(15(18)21)7-14(9)20-16-13(8-17)10(2)6-11(3)19-16/h4-7H,1-3H3,(H2,18,21)(H,19,20). The molecule has 3 N–H and O–H groups in total. The molecule has 1 heterocycles. The Morgan fingerprint density at radius 3 is 2.57 bits per heavy atom. The number of nitrogens with zero attached hydrogens (tertiary/aromatic N) is 2. The van der Waals surface area contributed by atoms with E-state index < -0.39 is 5.91 Å². The minimum Gasteiger partial charge on any atom is -0.366 e. The maximum Gasteiger partial charge on any atom is 0.248 e. The lowest BCUT2D eigenvalue weighted by atomic mass is 10.1. The molecule has 0 bridgehead atoms. The summed E-state index contributed by atoms with van der Waals surface area (Å²) in [6.07, 6.45) is 0. The second-order valence-corrected chi connectivity index (χ2v) is 4.93. The minimum absolute atomic E-state index is 0.408. The number of benzene rings is 1. The number of hydrogen-bond acceptors (Lipinski definition) is 4. The molecular formula is C16H16N4O. The van der Waals surface area contributed by atoms with Gasteiger partial charge in [0.2, 0.25) is 5.91 Å². The molecule has 1 amide bonds. The molecular weight excluding hydrogens is 264 g/mol. The summed E-state index contributed by atoms with van der Waals surface area (Å²) in [4.78, 5) is 15.6. The normalized spacial score (nSPS) is 10.0. The van der Waals surface area contributed by atoms with E-state index in [0.717, 1.165) is 16.8 Å². The predicted molar refractivity (Wildman–Crippen MR) is 81.4 cm³/mol. The van der Waals surface area contributed by atoms with Crippen molar-refractivity contribution in [3.05, 3.63) is 52.2 Å². The van der Waals surface area contributed by atoms with E-state index in [1.807, 2.05) is 26.8 Å². The molecule has 0 radical (unpaired) electrons. The summed E-state index contributed by atoms with van der Waals surface area (Å²) in [7, 11) is 0. The molecule has 0 unspecified atom stereocenters. The number of amides is 1. The number of carbonyl (C=O) groups is 1. The molecule has 1 aromatic heterocycles. The predicted octanol–water partition coefficient (Wildman–Crippen LogP) is 2.72. The molecule has 0 aliphatic rings. The van der Waals surface area contributed by atoms with Crippen LogP contribution in [-0.4, -0.2) is 10.9 Å². The van der Waals surface area contributed by atoms with Crippen LogP contribution in [0.15, 0.2) is 24.3 Å². The topological polar surface area (TPSA) is 91.8 Å². The molecule has 0 aliphatic heterocycles. The average Bonchev–Trinajstić information content (AvgIpc) is 2.40. The number of carbonyl (C=O) groups excluding carboxylic acids is 1. The first-order valence-electron chi connectivity index (χ1n) is 6.48. The van der Waals surface area contributed by atoms with Crippen LogP contribution in [-0.2, 0) is 0 Å². The van der Waals surface area contributed by atoms with Gasteiger partial charge < -0.3 is 11.1 Å². The Hall–Kier alpha value is -2.87. The van der Waals surface area contributed by atoms with Crippen molar-refractivity contribution in [1.29, 1.82) is 5.26 Å². The minimum atomic E-state index is -0.494. The van der Waals surface area contributed by atoms with Crippen molar-refractivity contribution in [2.24, 2.45) is 5.73 Å². The second kappa shape index (κ2) is 5.63. The molecule has 2 aromatic rings. The Bertz CT molecular complexity index is 760. The van der Waals surface area contributed by atoms with Crippen molar-refractivity contribution < 1.29 is 4.79 Å². The lowest BCUT2D eigenvalue weighted by Crippen LogP contribution is -2.11. The smallest absolute Gasteiger partial charge is 0.248 e. The van der Waals surface area contributed by atoms with Gasteiger partial charge in [-0.3, -0.25) is 4.79 Å². The lowest BCUT2D eigenvalue weighted by molar-refractivity contribution is 0.100. The van der Waals surface area contributed by atoms with E-state index in [2.05, 4.69) is 16.4 Å². The summed E-state index contributed by atoms with van der Waals surface area (Å²) < 4.78 is 0. The molecule has 5 heteroatoms. The van der Waals surface area contributed by atoms with Crippen LogP contribution >= 0.6 is 0 Å². The average molecular weight is 280 g/mol. The third-order valence-corrected chi connectivity index (χ3v) is 3.23. The Balaban J connectivity index is 2.50. The molecule has 5 nitrogen and oxygen atoms in total. The quantitative estimate of drug-likeness (QED) is 0.904. The maximum atomic E-state index is 11.3.